The van der Waals surface area contributed by atoms with E-state index in [1.807, 2.05) is 18.2 Å². The van der Waals surface area contributed by atoms with Crippen molar-refractivity contribution in [3.63, 3.8) is 0 Å². The summed E-state index contributed by atoms with van der Waals surface area (Å²) in [4.78, 5) is 2.54. The SMILES string of the molecule is CC(C)N(CCCC(C#N)(c1ccc(Cl)c(Cl)c1)C1CCCC1)CCc1ccccc1. The standard InChI is InChI=1S/C27H34Cl2N2/c1-21(2)31(18-15-22-9-4-3-5-10-22)17-8-16-27(20-30,23-11-6-7-12-23)24-13-14-25(28)26(29)19-24/h3-5,9-10,13-14,19,21,23H,6-8,11-12,15-18H2,1-2H3. The molecule has 0 bridgehead atoms. The lowest BCUT2D eigenvalue weighted by atomic mass is 9.67. The summed E-state index contributed by atoms with van der Waals surface area (Å²) in [5.41, 5.74) is 1.94. The predicted octanol–water partition coefficient (Wildman–Crippen LogP) is 7.68. The van der Waals surface area contributed by atoms with Gasteiger partial charge < -0.3 is 4.90 Å². The number of halogens is 2. The average Bonchev–Trinajstić information content (AvgIpc) is 3.31. The van der Waals surface area contributed by atoms with Gasteiger partial charge in [0.15, 0.2) is 0 Å². The molecule has 2 nitrogen and oxygen atoms in total. The van der Waals surface area contributed by atoms with Gasteiger partial charge in [0.2, 0.25) is 0 Å². The van der Waals surface area contributed by atoms with Crippen molar-refractivity contribution in [2.45, 2.75) is 70.3 Å². The van der Waals surface area contributed by atoms with Crippen LogP contribution in [-0.4, -0.2) is 24.0 Å². The van der Waals surface area contributed by atoms with E-state index < -0.39 is 5.41 Å². The van der Waals surface area contributed by atoms with Gasteiger partial charge in [-0.25, -0.2) is 0 Å². The molecule has 1 aliphatic rings. The molecule has 1 fully saturated rings. The smallest absolute Gasteiger partial charge is 0.0851 e. The molecule has 0 saturated heterocycles. The van der Waals surface area contributed by atoms with Gasteiger partial charge in [-0.05, 0) is 81.7 Å². The first kappa shape index (κ1) is 24.1. The van der Waals surface area contributed by atoms with Crippen LogP contribution in [0.25, 0.3) is 0 Å². The topological polar surface area (TPSA) is 27.0 Å². The highest BCUT2D eigenvalue weighted by molar-refractivity contribution is 6.42. The van der Waals surface area contributed by atoms with E-state index >= 15 is 0 Å². The fourth-order valence-electron chi connectivity index (χ4n) is 5.09. The summed E-state index contributed by atoms with van der Waals surface area (Å²) in [7, 11) is 0. The van der Waals surface area contributed by atoms with Crippen molar-refractivity contribution in [3.8, 4) is 6.07 Å². The number of hydrogen-bond donors (Lipinski definition) is 0. The molecule has 0 aromatic heterocycles. The third-order valence-electron chi connectivity index (χ3n) is 6.96. The zero-order chi connectivity index (χ0) is 22.3. The minimum atomic E-state index is -0.479. The summed E-state index contributed by atoms with van der Waals surface area (Å²) in [6.07, 6.45) is 7.58. The van der Waals surface area contributed by atoms with Crippen LogP contribution in [0.2, 0.25) is 10.0 Å². The van der Waals surface area contributed by atoms with Gasteiger partial charge in [-0.1, -0.05) is 72.4 Å². The largest absolute Gasteiger partial charge is 0.301 e. The molecule has 1 aliphatic carbocycles. The molecule has 2 aromatic rings. The maximum atomic E-state index is 10.4. The Morgan fingerprint density at radius 2 is 1.74 bits per heavy atom. The van der Waals surface area contributed by atoms with Crippen LogP contribution in [0.3, 0.4) is 0 Å². The number of rotatable bonds is 10. The Hall–Kier alpha value is -1.53. The molecule has 4 heteroatoms. The second-order valence-corrected chi connectivity index (χ2v) is 9.98. The summed E-state index contributed by atoms with van der Waals surface area (Å²) in [5, 5.41) is 11.5. The highest BCUT2D eigenvalue weighted by Gasteiger charge is 2.42. The minimum Gasteiger partial charge on any atom is -0.301 e. The summed E-state index contributed by atoms with van der Waals surface area (Å²) in [6.45, 7) is 6.57. The highest BCUT2D eigenvalue weighted by atomic mass is 35.5. The summed E-state index contributed by atoms with van der Waals surface area (Å²) < 4.78 is 0. The first-order valence-corrected chi connectivity index (χ1v) is 12.4. The Labute approximate surface area is 198 Å². The monoisotopic (exact) mass is 456 g/mol. The van der Waals surface area contributed by atoms with E-state index in [0.29, 0.717) is 22.0 Å². The van der Waals surface area contributed by atoms with E-state index in [1.54, 1.807) is 0 Å². The van der Waals surface area contributed by atoms with Crippen LogP contribution in [-0.2, 0) is 11.8 Å². The molecule has 1 unspecified atom stereocenters. The van der Waals surface area contributed by atoms with Gasteiger partial charge in [0, 0.05) is 12.6 Å². The Kier molecular flexibility index (Phi) is 8.85. The quantitative estimate of drug-likeness (QED) is 0.366. The first-order valence-electron chi connectivity index (χ1n) is 11.6. The average molecular weight is 457 g/mol. The van der Waals surface area contributed by atoms with Crippen LogP contribution in [0.5, 0.6) is 0 Å². The maximum Gasteiger partial charge on any atom is 0.0851 e. The van der Waals surface area contributed by atoms with E-state index in [0.717, 1.165) is 50.8 Å². The molecule has 1 saturated carbocycles. The van der Waals surface area contributed by atoms with E-state index in [4.69, 9.17) is 23.2 Å². The van der Waals surface area contributed by atoms with Gasteiger partial charge in [0.05, 0.1) is 21.5 Å². The zero-order valence-corrected chi connectivity index (χ0v) is 20.3. The van der Waals surface area contributed by atoms with Gasteiger partial charge >= 0.3 is 0 Å². The van der Waals surface area contributed by atoms with Crippen LogP contribution >= 0.6 is 23.2 Å². The third-order valence-corrected chi connectivity index (χ3v) is 7.70. The molecule has 1 atom stereocenters. The molecule has 2 aromatic carbocycles. The molecular weight excluding hydrogens is 423 g/mol. The van der Waals surface area contributed by atoms with Gasteiger partial charge in [0.1, 0.15) is 0 Å². The number of nitriles is 1. The lowest BCUT2D eigenvalue weighted by molar-refractivity contribution is 0.207. The molecule has 166 valence electrons. The lowest BCUT2D eigenvalue weighted by Crippen LogP contribution is -2.37. The van der Waals surface area contributed by atoms with E-state index in [1.165, 1.54) is 18.4 Å². The minimum absolute atomic E-state index is 0.395. The van der Waals surface area contributed by atoms with Crippen molar-refractivity contribution in [1.82, 2.24) is 4.90 Å². The fourth-order valence-corrected chi connectivity index (χ4v) is 5.39. The van der Waals surface area contributed by atoms with Crippen LogP contribution in [0.15, 0.2) is 48.5 Å². The second kappa shape index (κ2) is 11.4. The van der Waals surface area contributed by atoms with Crippen molar-refractivity contribution in [2.75, 3.05) is 13.1 Å². The predicted molar refractivity (Wildman–Crippen MR) is 132 cm³/mol. The molecule has 0 amide bonds. The van der Waals surface area contributed by atoms with Crippen molar-refractivity contribution in [1.29, 1.82) is 5.26 Å². The van der Waals surface area contributed by atoms with Gasteiger partial charge in [-0.2, -0.15) is 5.26 Å². The molecule has 0 aliphatic heterocycles. The van der Waals surface area contributed by atoms with Gasteiger partial charge in [-0.3, -0.25) is 0 Å². The van der Waals surface area contributed by atoms with E-state index in [9.17, 15) is 5.26 Å². The van der Waals surface area contributed by atoms with Gasteiger partial charge in [-0.15, -0.1) is 0 Å². The van der Waals surface area contributed by atoms with Crippen LogP contribution in [0.1, 0.15) is 63.5 Å². The molecule has 31 heavy (non-hydrogen) atoms. The Balaban J connectivity index is 1.71. The Morgan fingerprint density at radius 1 is 1.03 bits per heavy atom. The summed E-state index contributed by atoms with van der Waals surface area (Å²) >= 11 is 12.5. The molecule has 0 N–H and O–H groups in total. The van der Waals surface area contributed by atoms with E-state index in [-0.39, 0.29) is 0 Å². The van der Waals surface area contributed by atoms with E-state index in [2.05, 4.69) is 55.1 Å². The molecule has 0 heterocycles. The van der Waals surface area contributed by atoms with Crippen molar-refractivity contribution in [2.24, 2.45) is 5.92 Å². The molecule has 0 radical (unpaired) electrons. The molecular formula is C27H34Cl2N2. The zero-order valence-electron chi connectivity index (χ0n) is 18.8. The highest BCUT2D eigenvalue weighted by Crippen LogP contribution is 2.46. The van der Waals surface area contributed by atoms with Crippen molar-refractivity contribution >= 4 is 23.2 Å². The maximum absolute atomic E-state index is 10.4. The Bertz CT molecular complexity index is 869. The number of benzene rings is 2. The van der Waals surface area contributed by atoms with Crippen LogP contribution in [0, 0.1) is 17.2 Å². The third kappa shape index (κ3) is 6.04. The number of nitrogens with zero attached hydrogens (tertiary/aromatic N) is 2. The Morgan fingerprint density at radius 3 is 2.35 bits per heavy atom. The molecule has 0 spiro atoms. The summed E-state index contributed by atoms with van der Waals surface area (Å²) in [5.74, 6) is 0.395. The second-order valence-electron chi connectivity index (χ2n) is 9.16. The van der Waals surface area contributed by atoms with Crippen molar-refractivity contribution < 1.29 is 0 Å². The van der Waals surface area contributed by atoms with Crippen molar-refractivity contribution in [3.05, 3.63) is 69.7 Å². The molecule has 3 rings (SSSR count). The first-order chi connectivity index (χ1) is 15.0. The van der Waals surface area contributed by atoms with Crippen LogP contribution in [0.4, 0.5) is 0 Å². The normalized spacial score (nSPS) is 16.5. The lowest BCUT2D eigenvalue weighted by Gasteiger charge is -2.35. The number of hydrogen-bond acceptors (Lipinski definition) is 2. The van der Waals surface area contributed by atoms with Gasteiger partial charge in [0.25, 0.3) is 0 Å². The summed E-state index contributed by atoms with van der Waals surface area (Å²) in [6, 6.07) is 19.7. The fraction of sp³-hybridized carbons (Fsp3) is 0.519. The van der Waals surface area contributed by atoms with Crippen LogP contribution < -0.4 is 0 Å².